The molecule has 21 nitrogen and oxygen atoms in total. The lowest BCUT2D eigenvalue weighted by Gasteiger charge is -2.38. The number of aromatic hydroxyl groups is 3. The number of piperidine rings is 1. The number of phenolic OH excluding ortho intramolecular Hbond substituents is 3. The molecule has 0 radical (unpaired) electrons. The molecule has 85 heavy (non-hydrogen) atoms. The normalized spacial score (nSPS) is 27.3. The number of esters is 1. The van der Waals surface area contributed by atoms with Crippen molar-refractivity contribution < 1.29 is 73.2 Å². The van der Waals surface area contributed by atoms with Crippen LogP contribution in [0.15, 0.2) is 58.3 Å². The van der Waals surface area contributed by atoms with Crippen molar-refractivity contribution in [3.8, 4) is 23.0 Å². The van der Waals surface area contributed by atoms with Crippen molar-refractivity contribution in [2.45, 2.75) is 137 Å². The molecule has 10 atom stereocenters. The summed E-state index contributed by atoms with van der Waals surface area (Å²) in [5, 5.41) is 78.1. The summed E-state index contributed by atoms with van der Waals surface area (Å²) >= 11 is 0. The molecule has 1 saturated carbocycles. The predicted octanol–water partition coefficient (Wildman–Crippen LogP) is 7.65. The number of aromatic nitrogens is 1. The Morgan fingerprint density at radius 3 is 2.26 bits per heavy atom. The molecule has 0 spiro atoms. The van der Waals surface area contributed by atoms with Gasteiger partial charge in [-0.3, -0.25) is 28.6 Å². The van der Waals surface area contributed by atoms with E-state index in [1.54, 1.807) is 51.8 Å². The van der Waals surface area contributed by atoms with Crippen LogP contribution in [0.4, 0.5) is 15.8 Å². The van der Waals surface area contributed by atoms with Gasteiger partial charge in [-0.25, -0.2) is 9.18 Å². The van der Waals surface area contributed by atoms with Crippen molar-refractivity contribution in [3.63, 3.8) is 0 Å². The van der Waals surface area contributed by atoms with Gasteiger partial charge in [-0.15, -0.1) is 0 Å². The van der Waals surface area contributed by atoms with E-state index in [1.165, 1.54) is 65.5 Å². The Balaban J connectivity index is 0.985. The number of aryl methyl sites for hydroxylation is 1. The number of nitrogens with zero attached hydrogens (tertiary/aromatic N) is 5. The van der Waals surface area contributed by atoms with Gasteiger partial charge in [-0.05, 0) is 95.0 Å². The lowest BCUT2D eigenvalue weighted by Crippen LogP contribution is -2.46. The molecule has 7 N–H and O–H groups in total. The number of ether oxygens (including phenoxy) is 4. The largest absolute Gasteiger partial charge is 0.507 e. The van der Waals surface area contributed by atoms with Crippen molar-refractivity contribution in [2.24, 2.45) is 34.7 Å². The summed E-state index contributed by atoms with van der Waals surface area (Å²) in [5.41, 5.74) is 0.634. The third kappa shape index (κ3) is 11.8. The zero-order chi connectivity index (χ0) is 61.8. The number of hydrogen-bond donors (Lipinski definition) is 7. The number of Topliss-reactive ketones (excluding diaryl/α,β-unsaturated/α-hetero) is 1. The molecular formula is C63H79FN6O15. The maximum atomic E-state index is 16.1. The average Bonchev–Trinajstić information content (AvgIpc) is 1.78. The zero-order valence-electron chi connectivity index (χ0n) is 50.0. The molecule has 2 aromatic heterocycles. The van der Waals surface area contributed by atoms with Crippen molar-refractivity contribution in [3.05, 3.63) is 98.0 Å². The Hall–Kier alpha value is -7.53. The first-order chi connectivity index (χ1) is 40.2. The van der Waals surface area contributed by atoms with E-state index in [9.17, 15) is 54.6 Å². The summed E-state index contributed by atoms with van der Waals surface area (Å²) in [6.07, 6.45) is 9.65. The van der Waals surface area contributed by atoms with Crippen LogP contribution in [-0.2, 0) is 23.8 Å². The first kappa shape index (κ1) is 62.0. The van der Waals surface area contributed by atoms with Crippen molar-refractivity contribution >= 4 is 57.5 Å². The van der Waals surface area contributed by atoms with Crippen LogP contribution in [0.5, 0.6) is 23.0 Å². The molecule has 5 bridgehead atoms. The number of carboxylic acids is 1. The SMILES string of the molecule is CO[C@H]1C=CO[C@@]2(C)Oc3c(C)c(O)c4c(O)c(c(C=NN5CCC(N(C)CC6CCN(c7c(F)cn8c(=O)c(C(=O)O)cc(C9CC9)c8c7C)C6)CC5)c(O)c4c3C2=O)NC(=O)C(C)=CC=C[C@H](C)[C@H](O)[C@@H](C)[C@@H](O)[C@@H](C)[C@H](OC(C)=O)[C@@H]1C. The van der Waals surface area contributed by atoms with Crippen LogP contribution < -0.4 is 20.5 Å². The molecule has 2 aromatic carbocycles. The van der Waals surface area contributed by atoms with E-state index in [1.807, 2.05) is 4.90 Å². The third-order valence-corrected chi connectivity index (χ3v) is 18.3. The Labute approximate surface area is 492 Å². The number of ketones is 1. The van der Waals surface area contributed by atoms with Crippen LogP contribution in [-0.4, -0.2) is 158 Å². The molecule has 7 heterocycles. The smallest absolute Gasteiger partial charge is 0.341 e. The summed E-state index contributed by atoms with van der Waals surface area (Å²) in [7, 11) is 3.48. The monoisotopic (exact) mass is 1180 g/mol. The summed E-state index contributed by atoms with van der Waals surface area (Å²) < 4.78 is 41.1. The summed E-state index contributed by atoms with van der Waals surface area (Å²) in [6.45, 7) is 17.1. The number of phenols is 3. The molecule has 10 rings (SSSR count). The molecule has 1 aliphatic carbocycles. The Morgan fingerprint density at radius 1 is 0.918 bits per heavy atom. The van der Waals surface area contributed by atoms with E-state index in [2.05, 4.69) is 17.3 Å². The molecule has 1 unspecified atom stereocenters. The number of allylic oxidation sites excluding steroid dienone is 2. The first-order valence-corrected chi connectivity index (χ1v) is 29.1. The lowest BCUT2D eigenvalue weighted by atomic mass is 9.78. The number of anilines is 2. The van der Waals surface area contributed by atoms with Gasteiger partial charge in [-0.2, -0.15) is 5.10 Å². The highest BCUT2D eigenvalue weighted by molar-refractivity contribution is 6.24. The Kier molecular flexibility index (Phi) is 17.8. The number of halogens is 1. The number of carbonyl (C=O) groups is 4. The van der Waals surface area contributed by atoms with Gasteiger partial charge in [0.15, 0.2) is 11.6 Å². The number of nitrogens with one attached hydrogen (secondary N) is 1. The summed E-state index contributed by atoms with van der Waals surface area (Å²) in [6, 6.07) is 1.60. The van der Waals surface area contributed by atoms with E-state index in [0.29, 0.717) is 55.8 Å². The second kappa shape index (κ2) is 24.4. The number of hydrogen-bond acceptors (Lipinski definition) is 18. The maximum Gasteiger partial charge on any atom is 0.341 e. The fourth-order valence-electron chi connectivity index (χ4n) is 13.1. The molecule has 22 heteroatoms. The molecule has 6 aliphatic rings. The average molecular weight is 1180 g/mol. The van der Waals surface area contributed by atoms with Crippen LogP contribution in [0.3, 0.4) is 0 Å². The molecule has 5 aliphatic heterocycles. The van der Waals surface area contributed by atoms with Crippen molar-refractivity contribution in [1.82, 2.24) is 14.3 Å². The van der Waals surface area contributed by atoms with Gasteiger partial charge >= 0.3 is 17.7 Å². The number of rotatable bonds is 10. The number of fused-ring (bicyclic) bond motifs is 15. The van der Waals surface area contributed by atoms with Gasteiger partial charge in [0.05, 0.1) is 70.4 Å². The fraction of sp³-hybridized carbons (Fsp3) is 0.524. The highest BCUT2D eigenvalue weighted by atomic mass is 19.1. The number of benzene rings is 2. The minimum absolute atomic E-state index is 0.0188. The number of pyridine rings is 2. The highest BCUT2D eigenvalue weighted by Gasteiger charge is 2.50. The van der Waals surface area contributed by atoms with Crippen LogP contribution in [0.1, 0.15) is 129 Å². The van der Waals surface area contributed by atoms with Gasteiger partial charge in [-0.1, -0.05) is 45.9 Å². The number of amides is 1. The molecule has 4 aromatic rings. The Bertz CT molecular complexity index is 3510. The predicted molar refractivity (Wildman–Crippen MR) is 316 cm³/mol. The van der Waals surface area contributed by atoms with Gasteiger partial charge in [0.25, 0.3) is 17.2 Å². The number of carboxylic acid groups (broad SMARTS) is 1. The molecule has 3 fully saturated rings. The zero-order valence-corrected chi connectivity index (χ0v) is 50.0. The lowest BCUT2D eigenvalue weighted by molar-refractivity contribution is -0.160. The number of carbonyl (C=O) groups excluding carboxylic acids is 3. The van der Waals surface area contributed by atoms with E-state index in [4.69, 9.17) is 24.0 Å². The minimum Gasteiger partial charge on any atom is -0.507 e. The minimum atomic E-state index is -2.11. The second-order valence-electron chi connectivity index (χ2n) is 24.2. The van der Waals surface area contributed by atoms with E-state index in [-0.39, 0.29) is 67.9 Å². The van der Waals surface area contributed by atoms with Crippen LogP contribution in [0.25, 0.3) is 16.3 Å². The number of aromatic carboxylic acids is 1. The quantitative estimate of drug-likeness (QED) is 0.0347. The first-order valence-electron chi connectivity index (χ1n) is 29.1. The summed E-state index contributed by atoms with van der Waals surface area (Å²) in [4.78, 5) is 70.9. The molecule has 458 valence electrons. The standard InChI is InChI=1S/C63H79FN6O15/c1-30-13-12-14-31(2)60(78)66-49-43(26-65-69-22-18-40(19-23-69)67(10)27-38-17-21-68(28-38)51-33(4)50-41(39-15-16-39)25-42(62(80)81)61(79)70(50)29-44(51)64)55(75)46-47(56(49)76)54(74)36(7)58-48(46)59(77)63(9,85-58)83-24-20-45(82-11)32(3)57(84-37(8)71)35(6)53(73)34(5)52(30)72/h12-14,20,24-26,29-30,32,34-35,38-40,45,52-53,57,72-76H,15-19,21-23,27-28H2,1-11H3,(H,66,78)(H,80,81)/t30-,32+,34+,35+,38?,45-,52-,53+,57+,63-/m0/s1. The number of methoxy groups -OCH3 is 1. The summed E-state index contributed by atoms with van der Waals surface area (Å²) in [5.74, 6) is -10.5. The number of hydrazone groups is 1. The second-order valence-corrected chi connectivity index (χ2v) is 24.2. The number of aliphatic hydroxyl groups is 2. The van der Waals surface area contributed by atoms with Crippen LogP contribution in [0.2, 0.25) is 0 Å². The van der Waals surface area contributed by atoms with E-state index < -0.39 is 106 Å². The van der Waals surface area contributed by atoms with Gasteiger partial charge in [0, 0.05) is 99.9 Å². The molecule has 2 saturated heterocycles. The van der Waals surface area contributed by atoms with Crippen LogP contribution in [0, 0.1) is 49.3 Å². The number of aliphatic hydroxyl groups excluding tert-OH is 2. The topological polar surface area (TPSA) is 282 Å². The Morgan fingerprint density at radius 2 is 1.61 bits per heavy atom. The third-order valence-electron chi connectivity index (χ3n) is 18.3. The van der Waals surface area contributed by atoms with Crippen molar-refractivity contribution in [2.75, 3.05) is 57.1 Å². The van der Waals surface area contributed by atoms with Crippen LogP contribution >= 0.6 is 0 Å². The van der Waals surface area contributed by atoms with Gasteiger partial charge in [0.2, 0.25) is 0 Å². The van der Waals surface area contributed by atoms with E-state index in [0.717, 1.165) is 42.0 Å². The van der Waals surface area contributed by atoms with E-state index >= 15 is 4.39 Å². The van der Waals surface area contributed by atoms with Gasteiger partial charge in [0.1, 0.15) is 28.9 Å². The molecule has 1 amide bonds. The highest BCUT2D eigenvalue weighted by Crippen LogP contribution is 2.55. The maximum absolute atomic E-state index is 16.1. The van der Waals surface area contributed by atoms with Gasteiger partial charge < -0.3 is 64.7 Å². The van der Waals surface area contributed by atoms with Crippen molar-refractivity contribution in [1.29, 1.82) is 0 Å². The fourth-order valence-corrected chi connectivity index (χ4v) is 13.1. The molecular weight excluding hydrogens is 1100 g/mol.